The van der Waals surface area contributed by atoms with E-state index in [1.165, 1.54) is 17.8 Å². The number of hydrogen-bond acceptors (Lipinski definition) is 5. The van der Waals surface area contributed by atoms with Gasteiger partial charge in [0.1, 0.15) is 5.01 Å². The van der Waals surface area contributed by atoms with Crippen molar-refractivity contribution in [3.63, 3.8) is 0 Å². The molecule has 4 nitrogen and oxygen atoms in total. The molecule has 3 rings (SSSR count). The van der Waals surface area contributed by atoms with Crippen LogP contribution in [0.2, 0.25) is 0 Å². The fourth-order valence-electron chi connectivity index (χ4n) is 2.64. The zero-order valence-corrected chi connectivity index (χ0v) is 11.9. The summed E-state index contributed by atoms with van der Waals surface area (Å²) < 4.78 is 0. The molecular formula is C14H18N4S. The highest BCUT2D eigenvalue weighted by Gasteiger charge is 2.23. The maximum absolute atomic E-state index is 4.63. The third kappa shape index (κ3) is 3.16. The van der Waals surface area contributed by atoms with Gasteiger partial charge in [-0.15, -0.1) is 11.3 Å². The first-order chi connectivity index (χ1) is 9.31. The molecule has 3 heterocycles. The summed E-state index contributed by atoms with van der Waals surface area (Å²) in [5.74, 6) is 0.515. The number of rotatable bonds is 3. The van der Waals surface area contributed by atoms with Crippen molar-refractivity contribution < 1.29 is 0 Å². The van der Waals surface area contributed by atoms with Crippen molar-refractivity contribution in [1.82, 2.24) is 19.9 Å². The summed E-state index contributed by atoms with van der Waals surface area (Å²) in [4.78, 5) is 15.7. The number of likely N-dealkylation sites (tertiary alicyclic amines) is 1. The van der Waals surface area contributed by atoms with E-state index in [9.17, 15) is 0 Å². The van der Waals surface area contributed by atoms with E-state index in [4.69, 9.17) is 0 Å². The minimum absolute atomic E-state index is 0.515. The maximum Gasteiger partial charge on any atom is 0.107 e. The number of nitrogens with zero attached hydrogens (tertiary/aromatic N) is 4. The second-order valence-electron chi connectivity index (χ2n) is 5.09. The van der Waals surface area contributed by atoms with Gasteiger partial charge in [-0.05, 0) is 26.3 Å². The molecule has 2 aromatic rings. The SMILES string of the molecule is Cc1cncc([C@@H]2CCCN(Cc3nccs3)C2)n1. The van der Waals surface area contributed by atoms with E-state index in [-0.39, 0.29) is 0 Å². The molecule has 0 aromatic carbocycles. The van der Waals surface area contributed by atoms with Crippen molar-refractivity contribution >= 4 is 11.3 Å². The molecule has 0 bridgehead atoms. The molecule has 0 aliphatic carbocycles. The molecule has 0 radical (unpaired) electrons. The fraction of sp³-hybridized carbons (Fsp3) is 0.500. The summed E-state index contributed by atoms with van der Waals surface area (Å²) in [6.45, 7) is 5.20. The molecule has 100 valence electrons. The van der Waals surface area contributed by atoms with Crippen LogP contribution in [0.3, 0.4) is 0 Å². The highest BCUT2D eigenvalue weighted by Crippen LogP contribution is 2.26. The number of thiazole rings is 1. The third-order valence-corrected chi connectivity index (χ3v) is 4.30. The third-order valence-electron chi connectivity index (χ3n) is 3.54. The molecule has 0 saturated carbocycles. The van der Waals surface area contributed by atoms with Crippen LogP contribution in [-0.2, 0) is 6.54 Å². The predicted octanol–water partition coefficient (Wildman–Crippen LogP) is 2.62. The Kier molecular flexibility index (Phi) is 3.84. The highest BCUT2D eigenvalue weighted by atomic mass is 32.1. The lowest BCUT2D eigenvalue weighted by Gasteiger charge is -2.31. The van der Waals surface area contributed by atoms with Crippen molar-refractivity contribution in [3.8, 4) is 0 Å². The summed E-state index contributed by atoms with van der Waals surface area (Å²) in [6, 6.07) is 0. The van der Waals surface area contributed by atoms with Crippen LogP contribution in [-0.4, -0.2) is 32.9 Å². The molecule has 1 atom stereocenters. The standard InChI is InChI=1S/C14H18N4S/c1-11-7-15-8-13(17-11)12-3-2-5-18(9-12)10-14-16-4-6-19-14/h4,6-8,12H,2-3,5,9-10H2,1H3/t12-/m1/s1. The van der Waals surface area contributed by atoms with Crippen molar-refractivity contribution in [2.45, 2.75) is 32.2 Å². The number of aromatic nitrogens is 3. The van der Waals surface area contributed by atoms with E-state index in [1.54, 1.807) is 11.3 Å². The van der Waals surface area contributed by atoms with E-state index >= 15 is 0 Å². The minimum Gasteiger partial charge on any atom is -0.296 e. The first kappa shape index (κ1) is 12.7. The first-order valence-electron chi connectivity index (χ1n) is 6.70. The molecule has 1 fully saturated rings. The molecule has 2 aromatic heterocycles. The van der Waals surface area contributed by atoms with Crippen molar-refractivity contribution in [2.24, 2.45) is 0 Å². The van der Waals surface area contributed by atoms with Crippen LogP contribution in [0.5, 0.6) is 0 Å². The monoisotopic (exact) mass is 274 g/mol. The zero-order valence-electron chi connectivity index (χ0n) is 11.1. The molecule has 5 heteroatoms. The van der Waals surface area contributed by atoms with Gasteiger partial charge in [0.25, 0.3) is 0 Å². The second-order valence-corrected chi connectivity index (χ2v) is 6.06. The van der Waals surface area contributed by atoms with Gasteiger partial charge in [0.2, 0.25) is 0 Å². The van der Waals surface area contributed by atoms with Gasteiger partial charge in [-0.1, -0.05) is 0 Å². The Bertz CT molecular complexity index is 526. The number of aryl methyl sites for hydroxylation is 1. The number of hydrogen-bond donors (Lipinski definition) is 0. The molecule has 1 aliphatic rings. The predicted molar refractivity (Wildman–Crippen MR) is 76.1 cm³/mol. The van der Waals surface area contributed by atoms with Gasteiger partial charge in [-0.2, -0.15) is 0 Å². The van der Waals surface area contributed by atoms with Crippen LogP contribution in [0, 0.1) is 6.92 Å². The van der Waals surface area contributed by atoms with Crippen LogP contribution in [0.15, 0.2) is 24.0 Å². The lowest BCUT2D eigenvalue weighted by atomic mass is 9.95. The maximum atomic E-state index is 4.63. The summed E-state index contributed by atoms with van der Waals surface area (Å²) in [6.07, 6.45) is 8.07. The molecule has 0 N–H and O–H groups in total. The van der Waals surface area contributed by atoms with Crippen LogP contribution in [0.4, 0.5) is 0 Å². The van der Waals surface area contributed by atoms with Gasteiger partial charge in [0.05, 0.1) is 17.9 Å². The summed E-state index contributed by atoms with van der Waals surface area (Å²) in [7, 11) is 0. The fourth-order valence-corrected chi connectivity index (χ4v) is 3.30. The Labute approximate surface area is 117 Å². The van der Waals surface area contributed by atoms with Crippen LogP contribution >= 0.6 is 11.3 Å². The molecule has 0 spiro atoms. The molecule has 1 aliphatic heterocycles. The van der Waals surface area contributed by atoms with E-state index in [1.807, 2.05) is 30.9 Å². The van der Waals surface area contributed by atoms with Gasteiger partial charge in [0, 0.05) is 36.4 Å². The Morgan fingerprint density at radius 1 is 1.42 bits per heavy atom. The van der Waals surface area contributed by atoms with E-state index in [0.29, 0.717) is 5.92 Å². The van der Waals surface area contributed by atoms with E-state index < -0.39 is 0 Å². The normalized spacial score (nSPS) is 20.6. The topological polar surface area (TPSA) is 41.9 Å². The first-order valence-corrected chi connectivity index (χ1v) is 7.58. The summed E-state index contributed by atoms with van der Waals surface area (Å²) >= 11 is 1.74. The van der Waals surface area contributed by atoms with Gasteiger partial charge < -0.3 is 0 Å². The molecule has 0 amide bonds. The van der Waals surface area contributed by atoms with Crippen LogP contribution in [0.1, 0.15) is 35.2 Å². The van der Waals surface area contributed by atoms with E-state index in [0.717, 1.165) is 31.0 Å². The molecule has 19 heavy (non-hydrogen) atoms. The van der Waals surface area contributed by atoms with Crippen molar-refractivity contribution in [2.75, 3.05) is 13.1 Å². The summed E-state index contributed by atoms with van der Waals surface area (Å²) in [5, 5.41) is 3.25. The van der Waals surface area contributed by atoms with Crippen LogP contribution < -0.4 is 0 Å². The quantitative estimate of drug-likeness (QED) is 0.863. The van der Waals surface area contributed by atoms with Crippen molar-refractivity contribution in [3.05, 3.63) is 40.4 Å². The Morgan fingerprint density at radius 3 is 3.16 bits per heavy atom. The second kappa shape index (κ2) is 5.75. The van der Waals surface area contributed by atoms with Crippen LogP contribution in [0.25, 0.3) is 0 Å². The lowest BCUT2D eigenvalue weighted by Crippen LogP contribution is -2.34. The van der Waals surface area contributed by atoms with Gasteiger partial charge in [-0.25, -0.2) is 4.98 Å². The number of piperidine rings is 1. The summed E-state index contributed by atoms with van der Waals surface area (Å²) in [5.41, 5.74) is 2.15. The zero-order chi connectivity index (χ0) is 13.1. The molecule has 0 unspecified atom stereocenters. The Hall–Kier alpha value is -1.33. The molecule has 1 saturated heterocycles. The van der Waals surface area contributed by atoms with Gasteiger partial charge in [0.15, 0.2) is 0 Å². The highest BCUT2D eigenvalue weighted by molar-refractivity contribution is 7.09. The smallest absolute Gasteiger partial charge is 0.107 e. The average molecular weight is 274 g/mol. The lowest BCUT2D eigenvalue weighted by molar-refractivity contribution is 0.198. The Balaban J connectivity index is 1.67. The largest absolute Gasteiger partial charge is 0.296 e. The van der Waals surface area contributed by atoms with Gasteiger partial charge >= 0.3 is 0 Å². The Morgan fingerprint density at radius 2 is 2.37 bits per heavy atom. The minimum atomic E-state index is 0.515. The van der Waals surface area contributed by atoms with E-state index in [2.05, 4.69) is 19.9 Å². The van der Waals surface area contributed by atoms with Crippen molar-refractivity contribution in [1.29, 1.82) is 0 Å². The molecular weight excluding hydrogens is 256 g/mol. The van der Waals surface area contributed by atoms with Gasteiger partial charge in [-0.3, -0.25) is 14.9 Å². The average Bonchev–Trinajstić information content (AvgIpc) is 2.92.